The molecule has 0 aliphatic heterocycles. The van der Waals surface area contributed by atoms with E-state index in [-0.39, 0.29) is 6.54 Å². The number of urea groups is 1. The van der Waals surface area contributed by atoms with Gasteiger partial charge in [0.15, 0.2) is 0 Å². The van der Waals surface area contributed by atoms with Crippen molar-refractivity contribution < 1.29 is 14.7 Å². The van der Waals surface area contributed by atoms with Crippen LogP contribution >= 0.6 is 0 Å². The third kappa shape index (κ3) is 2.62. The lowest BCUT2D eigenvalue weighted by Gasteiger charge is -2.25. The van der Waals surface area contributed by atoms with E-state index in [4.69, 9.17) is 11.5 Å². The van der Waals surface area contributed by atoms with E-state index in [1.54, 1.807) is 0 Å². The molecular weight excluding hydrogens is 196 g/mol. The van der Waals surface area contributed by atoms with E-state index >= 15 is 0 Å². The Balaban J connectivity index is 2.56. The highest BCUT2D eigenvalue weighted by Gasteiger charge is 2.42. The van der Waals surface area contributed by atoms with Crippen molar-refractivity contribution in [2.45, 2.75) is 31.2 Å². The van der Waals surface area contributed by atoms with Crippen molar-refractivity contribution in [1.82, 2.24) is 10.6 Å². The number of rotatable bonds is 3. The second-order valence-corrected chi connectivity index (χ2v) is 3.61. The summed E-state index contributed by atoms with van der Waals surface area (Å²) in [7, 11) is 0. The predicted molar refractivity (Wildman–Crippen MR) is 54.2 cm³/mol. The van der Waals surface area contributed by atoms with E-state index in [9.17, 15) is 9.59 Å². The van der Waals surface area contributed by atoms with Crippen LogP contribution in [0.2, 0.25) is 0 Å². The highest BCUT2D eigenvalue weighted by molar-refractivity contribution is 5.86. The van der Waals surface area contributed by atoms with Crippen molar-refractivity contribution in [3.63, 3.8) is 0 Å². The largest absolute Gasteiger partial charge is 0.480 e. The van der Waals surface area contributed by atoms with Crippen molar-refractivity contribution in [2.75, 3.05) is 6.54 Å². The summed E-state index contributed by atoms with van der Waals surface area (Å²) in [5.74, 6) is 1.27. The topological polar surface area (TPSA) is 78.4 Å². The molecule has 82 valence electrons. The van der Waals surface area contributed by atoms with Crippen LogP contribution in [0.3, 0.4) is 0 Å². The molecular formula is C10H14N2O3. The molecule has 1 saturated carbocycles. The van der Waals surface area contributed by atoms with Gasteiger partial charge in [0.25, 0.3) is 0 Å². The van der Waals surface area contributed by atoms with Crippen LogP contribution in [0.4, 0.5) is 4.79 Å². The number of nitrogens with one attached hydrogen (secondary N) is 2. The van der Waals surface area contributed by atoms with Crippen LogP contribution < -0.4 is 10.6 Å². The van der Waals surface area contributed by atoms with E-state index < -0.39 is 17.5 Å². The maximum atomic E-state index is 11.3. The van der Waals surface area contributed by atoms with E-state index in [2.05, 4.69) is 16.6 Å². The Kier molecular flexibility index (Phi) is 3.56. The Morgan fingerprint density at radius 1 is 1.40 bits per heavy atom. The molecule has 0 radical (unpaired) electrons. The second-order valence-electron chi connectivity index (χ2n) is 3.61. The molecule has 0 aromatic heterocycles. The summed E-state index contributed by atoms with van der Waals surface area (Å²) >= 11 is 0. The molecule has 0 unspecified atom stereocenters. The first-order chi connectivity index (χ1) is 7.10. The fraction of sp³-hybridized carbons (Fsp3) is 0.600. The Hall–Kier alpha value is -1.70. The highest BCUT2D eigenvalue weighted by Crippen LogP contribution is 2.29. The van der Waals surface area contributed by atoms with Gasteiger partial charge in [0.1, 0.15) is 5.54 Å². The summed E-state index contributed by atoms with van der Waals surface area (Å²) < 4.78 is 0. The van der Waals surface area contributed by atoms with Gasteiger partial charge in [-0.25, -0.2) is 9.59 Å². The molecule has 5 heteroatoms. The summed E-state index contributed by atoms with van der Waals surface area (Å²) in [4.78, 5) is 22.3. The average Bonchev–Trinajstić information content (AvgIpc) is 2.64. The third-order valence-electron chi connectivity index (χ3n) is 2.57. The Bertz CT molecular complexity index is 300. The molecule has 1 fully saturated rings. The summed E-state index contributed by atoms with van der Waals surface area (Å²) in [6.45, 7) is 0.0987. The van der Waals surface area contributed by atoms with Gasteiger partial charge in [0.05, 0.1) is 6.54 Å². The number of amides is 2. The lowest BCUT2D eigenvalue weighted by atomic mass is 9.98. The zero-order valence-electron chi connectivity index (χ0n) is 8.38. The minimum atomic E-state index is -1.10. The van der Waals surface area contributed by atoms with Crippen LogP contribution in [0.15, 0.2) is 0 Å². The second kappa shape index (κ2) is 4.69. The maximum Gasteiger partial charge on any atom is 0.329 e. The first-order valence-corrected chi connectivity index (χ1v) is 4.83. The van der Waals surface area contributed by atoms with Gasteiger partial charge in [-0.3, -0.25) is 0 Å². The minimum Gasteiger partial charge on any atom is -0.480 e. The van der Waals surface area contributed by atoms with Gasteiger partial charge in [-0.15, -0.1) is 6.42 Å². The molecule has 1 aliphatic rings. The number of carboxylic acids is 1. The molecule has 15 heavy (non-hydrogen) atoms. The Morgan fingerprint density at radius 3 is 2.47 bits per heavy atom. The van der Waals surface area contributed by atoms with Gasteiger partial charge >= 0.3 is 12.0 Å². The SMILES string of the molecule is C#CCNC(=O)NC1(C(=O)O)CCCC1. The minimum absolute atomic E-state index is 0.0987. The van der Waals surface area contributed by atoms with Crippen LogP contribution in [0.5, 0.6) is 0 Å². The van der Waals surface area contributed by atoms with E-state index in [1.807, 2.05) is 0 Å². The fourth-order valence-corrected chi connectivity index (χ4v) is 1.76. The molecule has 0 bridgehead atoms. The zero-order valence-corrected chi connectivity index (χ0v) is 8.38. The molecule has 3 N–H and O–H groups in total. The van der Waals surface area contributed by atoms with Gasteiger partial charge < -0.3 is 15.7 Å². The normalized spacial score (nSPS) is 17.8. The van der Waals surface area contributed by atoms with E-state index in [0.29, 0.717) is 12.8 Å². The average molecular weight is 210 g/mol. The van der Waals surface area contributed by atoms with Gasteiger partial charge in [0, 0.05) is 0 Å². The first kappa shape index (κ1) is 11.4. The number of carbonyl (C=O) groups excluding carboxylic acids is 1. The number of aliphatic carboxylic acids is 1. The van der Waals surface area contributed by atoms with Crippen molar-refractivity contribution in [3.8, 4) is 12.3 Å². The van der Waals surface area contributed by atoms with Crippen molar-refractivity contribution >= 4 is 12.0 Å². The molecule has 0 aromatic rings. The summed E-state index contributed by atoms with van der Waals surface area (Å²) in [6, 6.07) is -0.516. The van der Waals surface area contributed by atoms with Gasteiger partial charge in [0.2, 0.25) is 0 Å². The van der Waals surface area contributed by atoms with Crippen molar-refractivity contribution in [2.24, 2.45) is 0 Å². The zero-order chi connectivity index (χ0) is 11.3. The molecule has 0 atom stereocenters. The Morgan fingerprint density at radius 2 is 2.00 bits per heavy atom. The van der Waals surface area contributed by atoms with Crippen LogP contribution in [0, 0.1) is 12.3 Å². The lowest BCUT2D eigenvalue weighted by molar-refractivity contribution is -0.144. The summed E-state index contributed by atoms with van der Waals surface area (Å²) in [5.41, 5.74) is -1.10. The van der Waals surface area contributed by atoms with Crippen molar-refractivity contribution in [3.05, 3.63) is 0 Å². The summed E-state index contributed by atoms with van der Waals surface area (Å²) in [6.07, 6.45) is 7.57. The van der Waals surface area contributed by atoms with Gasteiger partial charge in [-0.1, -0.05) is 18.8 Å². The Labute approximate surface area is 88.2 Å². The highest BCUT2D eigenvalue weighted by atomic mass is 16.4. The van der Waals surface area contributed by atoms with Crippen LogP contribution in [0.1, 0.15) is 25.7 Å². The van der Waals surface area contributed by atoms with Crippen molar-refractivity contribution in [1.29, 1.82) is 0 Å². The maximum absolute atomic E-state index is 11.3. The monoisotopic (exact) mass is 210 g/mol. The molecule has 1 rings (SSSR count). The van der Waals surface area contributed by atoms with Gasteiger partial charge in [-0.05, 0) is 12.8 Å². The van der Waals surface area contributed by atoms with E-state index in [1.165, 1.54) is 0 Å². The summed E-state index contributed by atoms with van der Waals surface area (Å²) in [5, 5.41) is 13.9. The lowest BCUT2D eigenvalue weighted by Crippen LogP contribution is -2.55. The molecule has 0 spiro atoms. The standard InChI is InChI=1S/C10H14N2O3/c1-2-7-11-9(15)12-10(8(13)14)5-3-4-6-10/h1H,3-7H2,(H,13,14)(H2,11,12,15). The van der Waals surface area contributed by atoms with Crippen LogP contribution in [-0.4, -0.2) is 29.2 Å². The van der Waals surface area contributed by atoms with E-state index in [0.717, 1.165) is 12.8 Å². The molecule has 0 heterocycles. The smallest absolute Gasteiger partial charge is 0.329 e. The first-order valence-electron chi connectivity index (χ1n) is 4.83. The number of carbonyl (C=O) groups is 2. The van der Waals surface area contributed by atoms with Crippen LogP contribution in [0.25, 0.3) is 0 Å². The number of carboxylic acid groups (broad SMARTS) is 1. The fourth-order valence-electron chi connectivity index (χ4n) is 1.76. The quantitative estimate of drug-likeness (QED) is 0.587. The third-order valence-corrected chi connectivity index (χ3v) is 2.57. The number of hydrogen-bond acceptors (Lipinski definition) is 2. The number of hydrogen-bond donors (Lipinski definition) is 3. The molecule has 2 amide bonds. The molecule has 0 aromatic carbocycles. The number of terminal acetylenes is 1. The molecule has 0 saturated heterocycles. The van der Waals surface area contributed by atoms with Gasteiger partial charge in [-0.2, -0.15) is 0 Å². The predicted octanol–water partition coefficient (Wildman–Crippen LogP) is 0.316. The van der Waals surface area contributed by atoms with Crippen LogP contribution in [-0.2, 0) is 4.79 Å². The molecule has 1 aliphatic carbocycles. The molecule has 5 nitrogen and oxygen atoms in total.